The molecular formula is C18H21NS. The molecule has 20 heavy (non-hydrogen) atoms. The molecule has 0 bridgehead atoms. The Labute approximate surface area is 125 Å². The zero-order valence-electron chi connectivity index (χ0n) is 12.1. The van der Waals surface area contributed by atoms with Crippen LogP contribution >= 0.6 is 11.8 Å². The summed E-state index contributed by atoms with van der Waals surface area (Å²) < 4.78 is 0. The molecule has 104 valence electrons. The number of benzene rings is 2. The van der Waals surface area contributed by atoms with Crippen molar-refractivity contribution >= 4 is 11.8 Å². The van der Waals surface area contributed by atoms with E-state index in [-0.39, 0.29) is 6.04 Å². The van der Waals surface area contributed by atoms with Crippen molar-refractivity contribution in [1.82, 2.24) is 0 Å². The quantitative estimate of drug-likeness (QED) is 0.883. The van der Waals surface area contributed by atoms with Crippen molar-refractivity contribution in [3.05, 3.63) is 64.7 Å². The van der Waals surface area contributed by atoms with E-state index in [4.69, 9.17) is 5.73 Å². The lowest BCUT2D eigenvalue weighted by atomic mass is 9.88. The lowest BCUT2D eigenvalue weighted by Gasteiger charge is -2.31. The fraction of sp³-hybridized carbons (Fsp3) is 0.333. The van der Waals surface area contributed by atoms with Gasteiger partial charge in [-0.3, -0.25) is 0 Å². The van der Waals surface area contributed by atoms with Gasteiger partial charge >= 0.3 is 0 Å². The molecule has 2 atom stereocenters. The summed E-state index contributed by atoms with van der Waals surface area (Å²) in [5, 5.41) is 0.477. The van der Waals surface area contributed by atoms with Gasteiger partial charge in [0.1, 0.15) is 0 Å². The van der Waals surface area contributed by atoms with E-state index in [0.29, 0.717) is 5.25 Å². The molecule has 0 heterocycles. The van der Waals surface area contributed by atoms with E-state index < -0.39 is 0 Å². The second-order valence-electron chi connectivity index (χ2n) is 5.69. The Morgan fingerprint density at radius 2 is 1.90 bits per heavy atom. The van der Waals surface area contributed by atoms with Crippen LogP contribution in [-0.2, 0) is 6.42 Å². The summed E-state index contributed by atoms with van der Waals surface area (Å²) in [7, 11) is 0. The summed E-state index contributed by atoms with van der Waals surface area (Å²) in [6.45, 7) is 4.34. The average Bonchev–Trinajstić information content (AvgIpc) is 2.46. The predicted molar refractivity (Wildman–Crippen MR) is 87.3 cm³/mol. The van der Waals surface area contributed by atoms with Gasteiger partial charge in [-0.2, -0.15) is 0 Å². The largest absolute Gasteiger partial charge is 0.323 e. The third kappa shape index (κ3) is 2.63. The van der Waals surface area contributed by atoms with E-state index in [2.05, 4.69) is 56.3 Å². The maximum Gasteiger partial charge on any atom is 0.0421 e. The second-order valence-corrected chi connectivity index (χ2v) is 6.97. The minimum atomic E-state index is 0.143. The molecule has 3 rings (SSSR count). The molecule has 0 amide bonds. The first kappa shape index (κ1) is 13.7. The molecule has 0 saturated heterocycles. The van der Waals surface area contributed by atoms with Crippen molar-refractivity contribution in [2.24, 2.45) is 5.73 Å². The highest BCUT2D eigenvalue weighted by atomic mass is 32.2. The standard InChI is InChI=1S/C18H21NS/c1-12-7-8-13(2)17(11-12)20-16-10-9-14-5-3-4-6-15(14)18(16)19/h3-8,11,16,18H,9-10,19H2,1-2H3. The number of hydrogen-bond donors (Lipinski definition) is 1. The zero-order valence-corrected chi connectivity index (χ0v) is 12.9. The van der Waals surface area contributed by atoms with Gasteiger partial charge in [0.25, 0.3) is 0 Å². The number of fused-ring (bicyclic) bond motifs is 1. The van der Waals surface area contributed by atoms with E-state index in [9.17, 15) is 0 Å². The molecule has 2 aromatic rings. The summed E-state index contributed by atoms with van der Waals surface area (Å²) in [6, 6.07) is 15.4. The van der Waals surface area contributed by atoms with Crippen LogP contribution in [0.2, 0.25) is 0 Å². The van der Waals surface area contributed by atoms with Crippen LogP contribution in [0.3, 0.4) is 0 Å². The molecule has 1 nitrogen and oxygen atoms in total. The van der Waals surface area contributed by atoms with E-state index in [1.54, 1.807) is 0 Å². The van der Waals surface area contributed by atoms with Crippen molar-refractivity contribution in [1.29, 1.82) is 0 Å². The Morgan fingerprint density at radius 3 is 2.75 bits per heavy atom. The highest BCUT2D eigenvalue weighted by Crippen LogP contribution is 2.39. The molecule has 0 aromatic heterocycles. The van der Waals surface area contributed by atoms with Gasteiger partial charge in [0.2, 0.25) is 0 Å². The Bertz CT molecular complexity index is 621. The first-order chi connectivity index (χ1) is 9.65. The van der Waals surface area contributed by atoms with E-state index in [1.165, 1.54) is 27.1 Å². The summed E-state index contributed by atoms with van der Waals surface area (Å²) in [5.74, 6) is 0. The molecule has 0 aliphatic heterocycles. The van der Waals surface area contributed by atoms with Gasteiger partial charge in [0, 0.05) is 16.2 Å². The van der Waals surface area contributed by atoms with Crippen molar-refractivity contribution in [3.63, 3.8) is 0 Å². The predicted octanol–water partition coefficient (Wildman–Crippen LogP) is 4.41. The molecule has 2 N–H and O–H groups in total. The fourth-order valence-electron chi connectivity index (χ4n) is 2.89. The van der Waals surface area contributed by atoms with Gasteiger partial charge < -0.3 is 5.73 Å². The minimum Gasteiger partial charge on any atom is -0.323 e. The second kappa shape index (κ2) is 5.63. The first-order valence-corrected chi connectivity index (χ1v) is 8.10. The lowest BCUT2D eigenvalue weighted by Crippen LogP contribution is -2.29. The number of thioether (sulfide) groups is 1. The SMILES string of the molecule is Cc1ccc(C)c(SC2CCc3ccccc3C2N)c1. The highest BCUT2D eigenvalue weighted by Gasteiger charge is 2.27. The van der Waals surface area contributed by atoms with E-state index in [0.717, 1.165) is 12.8 Å². The maximum atomic E-state index is 6.51. The third-order valence-corrected chi connectivity index (χ3v) is 5.66. The zero-order chi connectivity index (χ0) is 14.1. The van der Waals surface area contributed by atoms with Crippen LogP contribution in [0.15, 0.2) is 47.4 Å². The van der Waals surface area contributed by atoms with E-state index in [1.807, 2.05) is 11.8 Å². The summed E-state index contributed by atoms with van der Waals surface area (Å²) in [6.07, 6.45) is 2.31. The molecule has 0 radical (unpaired) electrons. The van der Waals surface area contributed by atoms with Crippen molar-refractivity contribution in [2.75, 3.05) is 0 Å². The molecule has 0 fully saturated rings. The first-order valence-electron chi connectivity index (χ1n) is 7.22. The van der Waals surface area contributed by atoms with Gasteiger partial charge in [0.05, 0.1) is 0 Å². The summed E-state index contributed by atoms with van der Waals surface area (Å²) >= 11 is 1.95. The van der Waals surface area contributed by atoms with Crippen LogP contribution in [0, 0.1) is 13.8 Å². The molecule has 2 unspecified atom stereocenters. The average molecular weight is 283 g/mol. The molecule has 2 aromatic carbocycles. The van der Waals surface area contributed by atoms with Gasteiger partial charge in [-0.25, -0.2) is 0 Å². The number of hydrogen-bond acceptors (Lipinski definition) is 2. The molecule has 0 saturated carbocycles. The van der Waals surface area contributed by atoms with Gasteiger partial charge in [0.15, 0.2) is 0 Å². The van der Waals surface area contributed by atoms with Crippen LogP contribution < -0.4 is 5.73 Å². The van der Waals surface area contributed by atoms with Gasteiger partial charge in [-0.05, 0) is 49.4 Å². The van der Waals surface area contributed by atoms with Crippen molar-refractivity contribution < 1.29 is 0 Å². The van der Waals surface area contributed by atoms with Gasteiger partial charge in [-0.1, -0.05) is 42.0 Å². The van der Waals surface area contributed by atoms with Crippen LogP contribution in [0.5, 0.6) is 0 Å². The highest BCUT2D eigenvalue weighted by molar-refractivity contribution is 8.00. The third-order valence-electron chi connectivity index (χ3n) is 4.13. The Kier molecular flexibility index (Phi) is 3.86. The Hall–Kier alpha value is -1.25. The molecule has 0 spiro atoms. The minimum absolute atomic E-state index is 0.143. The van der Waals surface area contributed by atoms with Gasteiger partial charge in [-0.15, -0.1) is 11.8 Å². The molecular weight excluding hydrogens is 262 g/mol. The molecule has 1 aliphatic carbocycles. The Morgan fingerprint density at radius 1 is 1.10 bits per heavy atom. The molecule has 2 heteroatoms. The van der Waals surface area contributed by atoms with Crippen molar-refractivity contribution in [3.8, 4) is 0 Å². The van der Waals surface area contributed by atoms with Crippen LogP contribution in [0.4, 0.5) is 0 Å². The normalized spacial score (nSPS) is 21.6. The van der Waals surface area contributed by atoms with Crippen LogP contribution in [0.25, 0.3) is 0 Å². The number of nitrogens with two attached hydrogens (primary N) is 1. The number of rotatable bonds is 2. The monoisotopic (exact) mass is 283 g/mol. The fourth-order valence-corrected chi connectivity index (χ4v) is 4.26. The van der Waals surface area contributed by atoms with Crippen molar-refractivity contribution in [2.45, 2.75) is 42.9 Å². The topological polar surface area (TPSA) is 26.0 Å². The number of aryl methyl sites for hydroxylation is 3. The Balaban J connectivity index is 1.84. The lowest BCUT2D eigenvalue weighted by molar-refractivity contribution is 0.587. The summed E-state index contributed by atoms with van der Waals surface area (Å²) in [5.41, 5.74) is 11.9. The van der Waals surface area contributed by atoms with Crippen LogP contribution in [-0.4, -0.2) is 5.25 Å². The van der Waals surface area contributed by atoms with Crippen LogP contribution in [0.1, 0.15) is 34.7 Å². The maximum absolute atomic E-state index is 6.51. The van der Waals surface area contributed by atoms with E-state index >= 15 is 0 Å². The summed E-state index contributed by atoms with van der Waals surface area (Å²) in [4.78, 5) is 1.38. The smallest absolute Gasteiger partial charge is 0.0421 e. The molecule has 1 aliphatic rings.